The van der Waals surface area contributed by atoms with Gasteiger partial charge in [0, 0.05) is 11.8 Å². The van der Waals surface area contributed by atoms with Crippen molar-refractivity contribution in [2.24, 2.45) is 23.2 Å². The highest BCUT2D eigenvalue weighted by molar-refractivity contribution is 5.91. The monoisotopic (exact) mass is 330 g/mol. The van der Waals surface area contributed by atoms with Crippen LogP contribution in [0.3, 0.4) is 0 Å². The molecule has 0 radical (unpaired) electrons. The summed E-state index contributed by atoms with van der Waals surface area (Å²) in [6.07, 6.45) is 8.10. The molecule has 0 heterocycles. The lowest BCUT2D eigenvalue weighted by atomic mass is 9.57. The van der Waals surface area contributed by atoms with Gasteiger partial charge in [-0.15, -0.1) is 0 Å². The summed E-state index contributed by atoms with van der Waals surface area (Å²) in [6.45, 7) is 9.76. The Hall–Kier alpha value is -1.22. The number of fused-ring (bicyclic) bond motifs is 1. The minimum Gasteiger partial charge on any atom is -0.377 e. The highest BCUT2D eigenvalue weighted by atomic mass is 16.3. The molecule has 0 unspecified atom stereocenters. The highest BCUT2D eigenvalue weighted by Gasteiger charge is 2.62. The van der Waals surface area contributed by atoms with E-state index in [9.17, 15) is 14.7 Å². The summed E-state index contributed by atoms with van der Waals surface area (Å²) in [5.41, 5.74) is 0.272. The van der Waals surface area contributed by atoms with Crippen molar-refractivity contribution in [3.05, 3.63) is 23.8 Å². The summed E-state index contributed by atoms with van der Waals surface area (Å²) in [6, 6.07) is 0. The molecule has 3 nitrogen and oxygen atoms in total. The first kappa shape index (κ1) is 17.6. The van der Waals surface area contributed by atoms with Crippen molar-refractivity contribution < 1.29 is 14.7 Å². The molecular weight excluding hydrogens is 300 g/mol. The van der Waals surface area contributed by atoms with Crippen molar-refractivity contribution in [1.82, 2.24) is 0 Å². The van der Waals surface area contributed by atoms with Crippen molar-refractivity contribution in [3.63, 3.8) is 0 Å². The van der Waals surface area contributed by atoms with E-state index in [0.717, 1.165) is 38.5 Å². The van der Waals surface area contributed by atoms with Crippen LogP contribution in [0, 0.1) is 23.2 Å². The zero-order valence-corrected chi connectivity index (χ0v) is 15.2. The molecule has 1 N–H and O–H groups in total. The molecule has 132 valence electrons. The van der Waals surface area contributed by atoms with E-state index < -0.39 is 5.60 Å². The molecule has 0 aliphatic heterocycles. The predicted molar refractivity (Wildman–Crippen MR) is 94.4 cm³/mol. The maximum Gasteiger partial charge on any atom is 0.166 e. The Morgan fingerprint density at radius 1 is 1.42 bits per heavy atom. The number of ketones is 2. The normalized spacial score (nSPS) is 42.7. The SMILES string of the molecule is C=C1C[C@H]2C[C@@H]([C@H]3CCC(=O)C=C3CC)CC[C@]2(C)[C@]1(O)C(C)=O. The average Bonchev–Trinajstić information content (AvgIpc) is 2.75. The summed E-state index contributed by atoms with van der Waals surface area (Å²) in [4.78, 5) is 23.9. The molecule has 0 amide bonds. The second-order valence-electron chi connectivity index (χ2n) is 8.41. The molecule has 2 saturated carbocycles. The van der Waals surface area contributed by atoms with Crippen LogP contribution in [0.15, 0.2) is 23.8 Å². The van der Waals surface area contributed by atoms with Gasteiger partial charge in [-0.25, -0.2) is 0 Å². The Morgan fingerprint density at radius 3 is 2.75 bits per heavy atom. The molecule has 3 rings (SSSR count). The largest absolute Gasteiger partial charge is 0.377 e. The van der Waals surface area contributed by atoms with Gasteiger partial charge in [0.05, 0.1) is 0 Å². The van der Waals surface area contributed by atoms with E-state index in [1.54, 1.807) is 0 Å². The number of allylic oxidation sites excluding steroid dienone is 2. The summed E-state index contributed by atoms with van der Waals surface area (Å²) in [5, 5.41) is 11.1. The number of hydrogen-bond acceptors (Lipinski definition) is 3. The van der Waals surface area contributed by atoms with Crippen molar-refractivity contribution in [3.8, 4) is 0 Å². The second kappa shape index (κ2) is 5.94. The Kier molecular flexibility index (Phi) is 4.36. The molecule has 0 bridgehead atoms. The van der Waals surface area contributed by atoms with E-state index in [-0.39, 0.29) is 17.0 Å². The maximum atomic E-state index is 12.2. The Balaban J connectivity index is 1.84. The summed E-state index contributed by atoms with van der Waals surface area (Å²) in [7, 11) is 0. The van der Waals surface area contributed by atoms with Gasteiger partial charge < -0.3 is 5.11 Å². The average molecular weight is 330 g/mol. The molecule has 5 atom stereocenters. The molecule has 3 aliphatic carbocycles. The van der Waals surface area contributed by atoms with Crippen LogP contribution in [-0.2, 0) is 9.59 Å². The van der Waals surface area contributed by atoms with Gasteiger partial charge in [-0.1, -0.05) is 26.0 Å². The number of Topliss-reactive ketones (excluding diaryl/α,β-unsaturated/α-hetero) is 1. The molecule has 0 aromatic rings. The van der Waals surface area contributed by atoms with Gasteiger partial charge in [0.1, 0.15) is 5.60 Å². The van der Waals surface area contributed by atoms with Crippen molar-refractivity contribution in [2.45, 2.75) is 71.3 Å². The van der Waals surface area contributed by atoms with Crippen molar-refractivity contribution in [1.29, 1.82) is 0 Å². The highest BCUT2D eigenvalue weighted by Crippen LogP contribution is 2.62. The Bertz CT molecular complexity index is 617. The Labute approximate surface area is 145 Å². The van der Waals surface area contributed by atoms with E-state index in [0.29, 0.717) is 29.7 Å². The van der Waals surface area contributed by atoms with Gasteiger partial charge in [0.15, 0.2) is 11.6 Å². The Morgan fingerprint density at radius 2 is 2.12 bits per heavy atom. The van der Waals surface area contributed by atoms with Gasteiger partial charge in [-0.3, -0.25) is 9.59 Å². The van der Waals surface area contributed by atoms with Crippen LogP contribution in [0.25, 0.3) is 0 Å². The molecule has 24 heavy (non-hydrogen) atoms. The van der Waals surface area contributed by atoms with E-state index in [1.165, 1.54) is 12.5 Å². The van der Waals surface area contributed by atoms with Crippen molar-refractivity contribution in [2.75, 3.05) is 0 Å². The van der Waals surface area contributed by atoms with Gasteiger partial charge in [0.2, 0.25) is 0 Å². The summed E-state index contributed by atoms with van der Waals surface area (Å²) >= 11 is 0. The zero-order valence-electron chi connectivity index (χ0n) is 15.2. The van der Waals surface area contributed by atoms with Crippen LogP contribution in [0.1, 0.15) is 65.7 Å². The topological polar surface area (TPSA) is 54.4 Å². The first-order valence-electron chi connectivity index (χ1n) is 9.39. The molecule has 2 fully saturated rings. The van der Waals surface area contributed by atoms with Crippen LogP contribution in [0.5, 0.6) is 0 Å². The van der Waals surface area contributed by atoms with Gasteiger partial charge in [-0.2, -0.15) is 0 Å². The first-order chi connectivity index (χ1) is 11.2. The minimum atomic E-state index is -1.35. The van der Waals surface area contributed by atoms with Crippen LogP contribution in [0.4, 0.5) is 0 Å². The maximum absolute atomic E-state index is 12.2. The number of hydrogen-bond donors (Lipinski definition) is 1. The fourth-order valence-electron chi connectivity index (χ4n) is 5.86. The van der Waals surface area contributed by atoms with E-state index in [4.69, 9.17) is 0 Å². The van der Waals surface area contributed by atoms with E-state index >= 15 is 0 Å². The molecule has 0 aromatic heterocycles. The van der Waals surface area contributed by atoms with Crippen LogP contribution in [-0.4, -0.2) is 22.3 Å². The smallest absolute Gasteiger partial charge is 0.166 e. The molecule has 3 aliphatic rings. The molecule has 0 saturated heterocycles. The minimum absolute atomic E-state index is 0.159. The number of rotatable bonds is 3. The molecule has 0 aromatic carbocycles. The summed E-state index contributed by atoms with van der Waals surface area (Å²) < 4.78 is 0. The van der Waals surface area contributed by atoms with E-state index in [2.05, 4.69) is 20.4 Å². The number of carbonyl (C=O) groups is 2. The molecule has 0 spiro atoms. The van der Waals surface area contributed by atoms with Gasteiger partial charge >= 0.3 is 0 Å². The van der Waals surface area contributed by atoms with Crippen LogP contribution >= 0.6 is 0 Å². The van der Waals surface area contributed by atoms with Crippen LogP contribution < -0.4 is 0 Å². The first-order valence-corrected chi connectivity index (χ1v) is 9.39. The second-order valence-corrected chi connectivity index (χ2v) is 8.41. The fourth-order valence-corrected chi connectivity index (χ4v) is 5.86. The van der Waals surface area contributed by atoms with E-state index in [1.807, 2.05) is 6.08 Å². The predicted octanol–water partition coefficient (Wildman–Crippen LogP) is 4.00. The lowest BCUT2D eigenvalue weighted by Gasteiger charge is -2.48. The number of carbonyl (C=O) groups excluding carboxylic acids is 2. The zero-order chi connectivity index (χ0) is 17.7. The summed E-state index contributed by atoms with van der Waals surface area (Å²) in [5.74, 6) is 1.48. The van der Waals surface area contributed by atoms with Gasteiger partial charge in [0.25, 0.3) is 0 Å². The third-order valence-corrected chi connectivity index (χ3v) is 7.36. The lowest BCUT2D eigenvalue weighted by molar-refractivity contribution is -0.147. The quantitative estimate of drug-likeness (QED) is 0.796. The molecule has 3 heteroatoms. The standard InChI is InChI=1S/C21H30O3/c1-5-15-12-18(23)6-7-19(15)16-8-9-20(4)17(11-16)10-13(2)21(20,24)14(3)22/h12,16-17,19,24H,2,5-11H2,1,3-4H3/t16-,17-,19-,20-,21+/m0/s1. The van der Waals surface area contributed by atoms with Gasteiger partial charge in [-0.05, 0) is 74.9 Å². The molecular formula is C21H30O3. The third kappa shape index (κ3) is 2.35. The van der Waals surface area contributed by atoms with Crippen LogP contribution in [0.2, 0.25) is 0 Å². The lowest BCUT2D eigenvalue weighted by Crippen LogP contribution is -2.53. The fraction of sp³-hybridized carbons (Fsp3) is 0.714. The van der Waals surface area contributed by atoms with Crippen molar-refractivity contribution >= 4 is 11.6 Å². The third-order valence-electron chi connectivity index (χ3n) is 7.36. The number of aliphatic hydroxyl groups is 1.